The highest BCUT2D eigenvalue weighted by Crippen LogP contribution is 2.23. The number of carbonyl (C=O) groups excluding carboxylic acids is 1. The van der Waals surface area contributed by atoms with Crippen molar-refractivity contribution in [3.05, 3.63) is 72.1 Å². The molecule has 28 heavy (non-hydrogen) atoms. The zero-order chi connectivity index (χ0) is 19.8. The molecule has 6 nitrogen and oxygen atoms in total. The second-order valence-electron chi connectivity index (χ2n) is 6.44. The second kappa shape index (κ2) is 10.1. The van der Waals surface area contributed by atoms with Gasteiger partial charge in [-0.25, -0.2) is 0 Å². The van der Waals surface area contributed by atoms with E-state index in [0.717, 1.165) is 17.1 Å². The molecule has 2 aromatic carbocycles. The normalized spacial score (nSPS) is 11.9. The Hall–Kier alpha value is -2.64. The van der Waals surface area contributed by atoms with Crippen LogP contribution in [0.5, 0.6) is 0 Å². The van der Waals surface area contributed by atoms with Gasteiger partial charge >= 0.3 is 0 Å². The Bertz CT molecular complexity index is 884. The maximum atomic E-state index is 12.2. The van der Waals surface area contributed by atoms with Crippen LogP contribution in [0, 0.1) is 0 Å². The lowest BCUT2D eigenvalue weighted by Crippen LogP contribution is -2.36. The van der Waals surface area contributed by atoms with Gasteiger partial charge in [-0.15, -0.1) is 10.2 Å². The minimum Gasteiger partial charge on any atom is -0.383 e. The van der Waals surface area contributed by atoms with E-state index in [1.54, 1.807) is 7.11 Å². The summed E-state index contributed by atoms with van der Waals surface area (Å²) in [4.78, 5) is 12.2. The predicted octanol–water partition coefficient (Wildman–Crippen LogP) is 3.10. The summed E-state index contributed by atoms with van der Waals surface area (Å²) >= 11 is 1.38. The van der Waals surface area contributed by atoms with E-state index in [1.165, 1.54) is 11.8 Å². The maximum Gasteiger partial charge on any atom is 0.230 e. The molecular formula is C21H24N4O2S. The lowest BCUT2D eigenvalue weighted by atomic mass is 10.1. The van der Waals surface area contributed by atoms with E-state index < -0.39 is 0 Å². The summed E-state index contributed by atoms with van der Waals surface area (Å²) in [6, 6.07) is 20.1. The van der Waals surface area contributed by atoms with Crippen LogP contribution in [0.3, 0.4) is 0 Å². The molecule has 0 fully saturated rings. The lowest BCUT2D eigenvalue weighted by molar-refractivity contribution is -0.119. The number of hydrogen-bond acceptors (Lipinski definition) is 5. The molecule has 0 aliphatic heterocycles. The van der Waals surface area contributed by atoms with Crippen LogP contribution in [-0.4, -0.2) is 46.2 Å². The molecule has 1 N–H and O–H groups in total. The van der Waals surface area contributed by atoms with E-state index in [1.807, 2.05) is 60.0 Å². The average Bonchev–Trinajstić information content (AvgIpc) is 3.10. The molecule has 1 aromatic heterocycles. The third-order valence-corrected chi connectivity index (χ3v) is 5.01. The van der Waals surface area contributed by atoms with Crippen molar-refractivity contribution in [3.63, 3.8) is 0 Å². The molecule has 0 saturated carbocycles. The highest BCUT2D eigenvalue weighted by atomic mass is 32.2. The summed E-state index contributed by atoms with van der Waals surface area (Å²) in [5.41, 5.74) is 2.14. The van der Waals surface area contributed by atoms with E-state index in [2.05, 4.69) is 27.6 Å². The predicted molar refractivity (Wildman–Crippen MR) is 111 cm³/mol. The number of thioether (sulfide) groups is 1. The average molecular weight is 397 g/mol. The van der Waals surface area contributed by atoms with Crippen LogP contribution in [0.1, 0.15) is 18.3 Å². The van der Waals surface area contributed by atoms with Crippen LogP contribution in [0.2, 0.25) is 0 Å². The number of nitrogens with one attached hydrogen (secondary N) is 1. The third kappa shape index (κ3) is 5.43. The molecule has 0 radical (unpaired) electrons. The first-order chi connectivity index (χ1) is 13.7. The standard InChI is InChI=1S/C21H24N4O2S/c1-16(14-27-2)22-20(26)15-28-21-24-23-19(13-17-9-5-3-6-10-17)25(21)18-11-7-4-8-12-18/h3-12,16H,13-15H2,1-2H3,(H,22,26). The number of carbonyl (C=O) groups is 1. The number of amides is 1. The Morgan fingerprint density at radius 2 is 1.79 bits per heavy atom. The minimum absolute atomic E-state index is 0.0289. The maximum absolute atomic E-state index is 12.2. The van der Waals surface area contributed by atoms with Crippen molar-refractivity contribution in [3.8, 4) is 5.69 Å². The van der Waals surface area contributed by atoms with E-state index in [9.17, 15) is 4.79 Å². The number of benzene rings is 2. The van der Waals surface area contributed by atoms with Crippen LogP contribution in [-0.2, 0) is 16.0 Å². The van der Waals surface area contributed by atoms with E-state index >= 15 is 0 Å². The number of aromatic nitrogens is 3. The molecule has 146 valence electrons. The summed E-state index contributed by atoms with van der Waals surface area (Å²) in [5.74, 6) is 1.06. The van der Waals surface area contributed by atoms with Gasteiger partial charge in [-0.1, -0.05) is 60.3 Å². The Morgan fingerprint density at radius 1 is 1.11 bits per heavy atom. The van der Waals surface area contributed by atoms with Gasteiger partial charge in [0.1, 0.15) is 5.82 Å². The van der Waals surface area contributed by atoms with Crippen molar-refractivity contribution < 1.29 is 9.53 Å². The van der Waals surface area contributed by atoms with Crippen molar-refractivity contribution in [2.24, 2.45) is 0 Å². The van der Waals surface area contributed by atoms with Crippen LogP contribution < -0.4 is 5.32 Å². The van der Waals surface area contributed by atoms with Crippen molar-refractivity contribution >= 4 is 17.7 Å². The number of ether oxygens (including phenoxy) is 1. The monoisotopic (exact) mass is 396 g/mol. The molecule has 0 spiro atoms. The van der Waals surface area contributed by atoms with Gasteiger partial charge in [0, 0.05) is 25.3 Å². The molecule has 1 atom stereocenters. The number of para-hydroxylation sites is 1. The molecule has 1 amide bonds. The van der Waals surface area contributed by atoms with Gasteiger partial charge in [0.25, 0.3) is 0 Å². The molecule has 1 unspecified atom stereocenters. The first-order valence-electron chi connectivity index (χ1n) is 9.12. The van der Waals surface area contributed by atoms with Crippen molar-refractivity contribution in [1.29, 1.82) is 0 Å². The van der Waals surface area contributed by atoms with E-state index in [-0.39, 0.29) is 17.7 Å². The summed E-state index contributed by atoms with van der Waals surface area (Å²) in [6.07, 6.45) is 0.667. The van der Waals surface area contributed by atoms with Gasteiger partial charge < -0.3 is 10.1 Å². The summed E-state index contributed by atoms with van der Waals surface area (Å²) in [7, 11) is 1.62. The first-order valence-corrected chi connectivity index (χ1v) is 10.1. The van der Waals surface area contributed by atoms with Crippen LogP contribution in [0.15, 0.2) is 65.8 Å². The zero-order valence-corrected chi connectivity index (χ0v) is 16.9. The highest BCUT2D eigenvalue weighted by Gasteiger charge is 2.16. The largest absolute Gasteiger partial charge is 0.383 e. The molecule has 3 aromatic rings. The van der Waals surface area contributed by atoms with Crippen LogP contribution >= 0.6 is 11.8 Å². The quantitative estimate of drug-likeness (QED) is 0.563. The Balaban J connectivity index is 1.78. The van der Waals surface area contributed by atoms with Gasteiger partial charge in [0.05, 0.1) is 12.4 Å². The smallest absolute Gasteiger partial charge is 0.230 e. The molecule has 0 aliphatic rings. The van der Waals surface area contributed by atoms with Crippen molar-refractivity contribution in [2.45, 2.75) is 24.5 Å². The molecule has 0 saturated heterocycles. The number of nitrogens with zero attached hydrogens (tertiary/aromatic N) is 3. The molecule has 0 aliphatic carbocycles. The van der Waals surface area contributed by atoms with Crippen LogP contribution in [0.25, 0.3) is 5.69 Å². The summed E-state index contributed by atoms with van der Waals surface area (Å²) < 4.78 is 7.07. The van der Waals surface area contributed by atoms with Gasteiger partial charge in [0.2, 0.25) is 5.91 Å². The number of hydrogen-bond donors (Lipinski definition) is 1. The Morgan fingerprint density at radius 3 is 2.46 bits per heavy atom. The molecule has 0 bridgehead atoms. The molecule has 7 heteroatoms. The zero-order valence-electron chi connectivity index (χ0n) is 16.0. The minimum atomic E-state index is -0.0539. The second-order valence-corrected chi connectivity index (χ2v) is 7.39. The van der Waals surface area contributed by atoms with Crippen LogP contribution in [0.4, 0.5) is 0 Å². The first kappa shape index (κ1) is 20.1. The van der Waals surface area contributed by atoms with Gasteiger partial charge in [-0.05, 0) is 24.6 Å². The molecule has 3 rings (SSSR count). The summed E-state index contributed by atoms with van der Waals surface area (Å²) in [5, 5.41) is 12.4. The van der Waals surface area contributed by atoms with Crippen molar-refractivity contribution in [1.82, 2.24) is 20.1 Å². The fraction of sp³-hybridized carbons (Fsp3) is 0.286. The summed E-state index contributed by atoms with van der Waals surface area (Å²) in [6.45, 7) is 2.40. The molecular weight excluding hydrogens is 372 g/mol. The lowest BCUT2D eigenvalue weighted by Gasteiger charge is -2.13. The third-order valence-electron chi connectivity index (χ3n) is 4.08. The fourth-order valence-corrected chi connectivity index (χ4v) is 3.64. The topological polar surface area (TPSA) is 69.0 Å². The van der Waals surface area contributed by atoms with Gasteiger partial charge in [-0.3, -0.25) is 9.36 Å². The van der Waals surface area contributed by atoms with E-state index in [0.29, 0.717) is 18.2 Å². The fourth-order valence-electron chi connectivity index (χ4n) is 2.86. The van der Waals surface area contributed by atoms with Crippen molar-refractivity contribution in [2.75, 3.05) is 19.5 Å². The Kier molecular flexibility index (Phi) is 7.22. The molecule has 1 heterocycles. The highest BCUT2D eigenvalue weighted by molar-refractivity contribution is 7.99. The van der Waals surface area contributed by atoms with Gasteiger partial charge in [-0.2, -0.15) is 0 Å². The van der Waals surface area contributed by atoms with Gasteiger partial charge in [0.15, 0.2) is 5.16 Å². The number of rotatable bonds is 9. The van der Waals surface area contributed by atoms with E-state index in [4.69, 9.17) is 4.74 Å². The number of methoxy groups -OCH3 is 1. The SMILES string of the molecule is COCC(C)NC(=O)CSc1nnc(Cc2ccccc2)n1-c1ccccc1. The Labute approximate surface area is 169 Å².